The van der Waals surface area contributed by atoms with Gasteiger partial charge in [-0.15, -0.1) is 11.3 Å². The van der Waals surface area contributed by atoms with Crippen LogP contribution in [0.25, 0.3) is 5.69 Å². The second-order valence-corrected chi connectivity index (χ2v) is 7.06. The molecule has 0 saturated carbocycles. The van der Waals surface area contributed by atoms with Gasteiger partial charge in [0.15, 0.2) is 4.80 Å². The molecule has 4 nitrogen and oxygen atoms in total. The summed E-state index contributed by atoms with van der Waals surface area (Å²) in [5.74, 6) is 0. The van der Waals surface area contributed by atoms with Crippen molar-refractivity contribution in [2.75, 3.05) is 13.1 Å². The van der Waals surface area contributed by atoms with Crippen molar-refractivity contribution in [1.82, 2.24) is 9.47 Å². The normalized spacial score (nSPS) is 15.6. The van der Waals surface area contributed by atoms with Crippen LogP contribution in [0.15, 0.2) is 29.4 Å². The first-order valence-corrected chi connectivity index (χ1v) is 8.46. The number of urea groups is 1. The third-order valence-electron chi connectivity index (χ3n) is 4.11. The van der Waals surface area contributed by atoms with Crippen molar-refractivity contribution in [3.8, 4) is 5.69 Å². The number of likely N-dealkylation sites (tertiary alicyclic amines) is 1. The van der Waals surface area contributed by atoms with Gasteiger partial charge in [0, 0.05) is 29.9 Å². The zero-order valence-electron chi connectivity index (χ0n) is 13.3. The Morgan fingerprint density at radius 2 is 1.86 bits per heavy atom. The zero-order chi connectivity index (χ0) is 15.7. The fraction of sp³-hybridized carbons (Fsp3) is 0.412. The van der Waals surface area contributed by atoms with Gasteiger partial charge in [-0.1, -0.05) is 6.07 Å². The summed E-state index contributed by atoms with van der Waals surface area (Å²) in [6.07, 6.45) is 4.22. The van der Waals surface area contributed by atoms with Gasteiger partial charge in [-0.25, -0.2) is 4.79 Å². The first-order valence-electron chi connectivity index (χ1n) is 7.65. The summed E-state index contributed by atoms with van der Waals surface area (Å²) in [4.78, 5) is 20.4. The average molecular weight is 315 g/mol. The van der Waals surface area contributed by atoms with Crippen molar-refractivity contribution in [3.63, 3.8) is 0 Å². The van der Waals surface area contributed by atoms with E-state index < -0.39 is 0 Å². The number of thiazole rings is 1. The molecule has 1 aliphatic heterocycles. The largest absolute Gasteiger partial charge is 0.346 e. The Bertz CT molecular complexity index is 766. The summed E-state index contributed by atoms with van der Waals surface area (Å²) in [7, 11) is 0. The Labute approximate surface area is 134 Å². The standard InChI is InChI=1S/C17H21N3OS/c1-12-6-7-15(10-13(12)2)20-11-14(3)22-17(20)18-16(21)19-8-4-5-9-19/h6-7,10-11H,4-5,8-9H2,1-3H3. The molecule has 0 atom stereocenters. The quantitative estimate of drug-likeness (QED) is 0.792. The van der Waals surface area contributed by atoms with E-state index in [2.05, 4.69) is 37.0 Å². The lowest BCUT2D eigenvalue weighted by molar-refractivity contribution is 0.218. The van der Waals surface area contributed by atoms with Crippen molar-refractivity contribution in [1.29, 1.82) is 0 Å². The van der Waals surface area contributed by atoms with E-state index in [1.807, 2.05) is 22.6 Å². The molecule has 1 fully saturated rings. The first kappa shape index (κ1) is 15.0. The highest BCUT2D eigenvalue weighted by Gasteiger charge is 2.17. The average Bonchev–Trinajstić information content (AvgIpc) is 3.12. The van der Waals surface area contributed by atoms with Crippen molar-refractivity contribution >= 4 is 17.4 Å². The third-order valence-corrected chi connectivity index (χ3v) is 5.00. The van der Waals surface area contributed by atoms with E-state index in [-0.39, 0.29) is 6.03 Å². The van der Waals surface area contributed by atoms with Gasteiger partial charge in [0.2, 0.25) is 0 Å². The Morgan fingerprint density at radius 1 is 1.14 bits per heavy atom. The van der Waals surface area contributed by atoms with Crippen LogP contribution < -0.4 is 4.80 Å². The molecular formula is C17H21N3OS. The number of benzene rings is 1. The van der Waals surface area contributed by atoms with Crippen LogP contribution >= 0.6 is 11.3 Å². The van der Waals surface area contributed by atoms with E-state index in [1.54, 1.807) is 11.3 Å². The summed E-state index contributed by atoms with van der Waals surface area (Å²) >= 11 is 1.56. The van der Waals surface area contributed by atoms with Gasteiger partial charge in [0.1, 0.15) is 0 Å². The second kappa shape index (κ2) is 6.08. The Hall–Kier alpha value is -1.88. The number of amides is 2. The van der Waals surface area contributed by atoms with Crippen molar-refractivity contribution in [2.45, 2.75) is 33.6 Å². The molecule has 0 N–H and O–H groups in total. The zero-order valence-corrected chi connectivity index (χ0v) is 14.1. The molecule has 5 heteroatoms. The van der Waals surface area contributed by atoms with E-state index in [4.69, 9.17) is 0 Å². The Morgan fingerprint density at radius 3 is 2.55 bits per heavy atom. The maximum atomic E-state index is 12.3. The molecule has 2 aromatic rings. The Kier molecular flexibility index (Phi) is 4.16. The minimum Gasteiger partial charge on any atom is -0.323 e. The molecule has 22 heavy (non-hydrogen) atoms. The van der Waals surface area contributed by atoms with Crippen LogP contribution in [0, 0.1) is 20.8 Å². The highest BCUT2D eigenvalue weighted by molar-refractivity contribution is 7.09. The molecule has 3 rings (SSSR count). The van der Waals surface area contributed by atoms with Gasteiger partial charge >= 0.3 is 6.03 Å². The molecule has 0 bridgehead atoms. The van der Waals surface area contributed by atoms with Crippen LogP contribution in [0.3, 0.4) is 0 Å². The van der Waals surface area contributed by atoms with Gasteiger partial charge < -0.3 is 4.90 Å². The number of hydrogen-bond donors (Lipinski definition) is 0. The molecular weight excluding hydrogens is 294 g/mol. The summed E-state index contributed by atoms with van der Waals surface area (Å²) < 4.78 is 2.01. The van der Waals surface area contributed by atoms with Gasteiger partial charge in [-0.2, -0.15) is 4.99 Å². The van der Waals surface area contributed by atoms with E-state index in [1.165, 1.54) is 11.1 Å². The molecule has 0 radical (unpaired) electrons. The van der Waals surface area contributed by atoms with Crippen LogP contribution in [0.5, 0.6) is 0 Å². The highest BCUT2D eigenvalue weighted by Crippen LogP contribution is 2.15. The molecule has 0 aliphatic carbocycles. The number of nitrogens with zero attached hydrogens (tertiary/aromatic N) is 3. The van der Waals surface area contributed by atoms with E-state index in [0.29, 0.717) is 0 Å². The fourth-order valence-corrected chi connectivity index (χ4v) is 3.48. The molecule has 2 heterocycles. The molecule has 0 spiro atoms. The van der Waals surface area contributed by atoms with Crippen molar-refractivity contribution in [3.05, 3.63) is 45.2 Å². The first-order chi connectivity index (χ1) is 10.5. The predicted molar refractivity (Wildman–Crippen MR) is 89.6 cm³/mol. The van der Waals surface area contributed by atoms with E-state index in [9.17, 15) is 4.79 Å². The number of aryl methyl sites for hydroxylation is 3. The van der Waals surface area contributed by atoms with Crippen LogP contribution in [-0.4, -0.2) is 28.6 Å². The van der Waals surface area contributed by atoms with Crippen LogP contribution in [0.4, 0.5) is 4.79 Å². The predicted octanol–water partition coefficient (Wildman–Crippen LogP) is 3.58. The minimum atomic E-state index is -0.114. The maximum absolute atomic E-state index is 12.3. The topological polar surface area (TPSA) is 37.6 Å². The molecule has 116 valence electrons. The number of carbonyl (C=O) groups is 1. The number of rotatable bonds is 1. The summed E-state index contributed by atoms with van der Waals surface area (Å²) in [6, 6.07) is 6.21. The minimum absolute atomic E-state index is 0.114. The van der Waals surface area contributed by atoms with Crippen molar-refractivity contribution in [2.24, 2.45) is 4.99 Å². The molecule has 2 amide bonds. The highest BCUT2D eigenvalue weighted by atomic mass is 32.1. The SMILES string of the molecule is Cc1cn(-c2ccc(C)c(C)c2)c(=NC(=O)N2CCCC2)s1. The molecule has 0 unspecified atom stereocenters. The van der Waals surface area contributed by atoms with Crippen LogP contribution in [0.2, 0.25) is 0 Å². The van der Waals surface area contributed by atoms with Crippen LogP contribution in [0.1, 0.15) is 28.8 Å². The Balaban J connectivity index is 2.02. The van der Waals surface area contributed by atoms with Crippen LogP contribution in [-0.2, 0) is 0 Å². The lowest BCUT2D eigenvalue weighted by Crippen LogP contribution is -2.27. The fourth-order valence-electron chi connectivity index (χ4n) is 2.65. The summed E-state index contributed by atoms with van der Waals surface area (Å²) in [6.45, 7) is 7.91. The molecule has 1 aromatic heterocycles. The van der Waals surface area contributed by atoms with Gasteiger partial charge in [-0.05, 0) is 56.9 Å². The van der Waals surface area contributed by atoms with Gasteiger partial charge in [0.05, 0.1) is 0 Å². The molecule has 1 aromatic carbocycles. The van der Waals surface area contributed by atoms with Gasteiger partial charge in [0.25, 0.3) is 0 Å². The van der Waals surface area contributed by atoms with Gasteiger partial charge in [-0.3, -0.25) is 4.57 Å². The molecule has 1 saturated heterocycles. The smallest absolute Gasteiger partial charge is 0.323 e. The monoisotopic (exact) mass is 315 g/mol. The maximum Gasteiger partial charge on any atom is 0.346 e. The van der Waals surface area contributed by atoms with E-state index in [0.717, 1.165) is 41.3 Å². The summed E-state index contributed by atoms with van der Waals surface area (Å²) in [5, 5.41) is 0. The lowest BCUT2D eigenvalue weighted by Gasteiger charge is -2.11. The van der Waals surface area contributed by atoms with Crippen molar-refractivity contribution < 1.29 is 4.79 Å². The number of hydrogen-bond acceptors (Lipinski definition) is 2. The number of carbonyl (C=O) groups excluding carboxylic acids is 1. The number of aromatic nitrogens is 1. The molecule has 1 aliphatic rings. The second-order valence-electron chi connectivity index (χ2n) is 5.85. The van der Waals surface area contributed by atoms with E-state index >= 15 is 0 Å². The lowest BCUT2D eigenvalue weighted by atomic mass is 10.1. The summed E-state index contributed by atoms with van der Waals surface area (Å²) in [5.41, 5.74) is 3.56. The third kappa shape index (κ3) is 2.99.